The summed E-state index contributed by atoms with van der Waals surface area (Å²) in [6, 6.07) is 0. The lowest BCUT2D eigenvalue weighted by atomic mass is 10.0. The second-order valence-electron chi connectivity index (χ2n) is 8.47. The maximum atomic E-state index is 3.91. The Morgan fingerprint density at radius 2 is 0.519 bits per heavy atom. The second kappa shape index (κ2) is 25.7. The van der Waals surface area contributed by atoms with Crippen LogP contribution in [0.1, 0.15) is 148 Å². The summed E-state index contributed by atoms with van der Waals surface area (Å²) in [5.41, 5.74) is 0. The Morgan fingerprint density at radius 3 is 0.778 bits per heavy atom. The highest BCUT2D eigenvalue weighted by molar-refractivity contribution is 4.81. The Kier molecular flexibility index (Phi) is 25.5. The Balaban J connectivity index is 3.04. The predicted molar refractivity (Wildman–Crippen MR) is 126 cm³/mol. The average molecular weight is 377 g/mol. The van der Waals surface area contributed by atoms with Crippen LogP contribution in [0.4, 0.5) is 0 Å². The van der Waals surface area contributed by atoms with Gasteiger partial charge in [0, 0.05) is 0 Å². The molecule has 0 heteroatoms. The third kappa shape index (κ3) is 25.7. The number of hydrogen-bond acceptors (Lipinski definition) is 0. The number of unbranched alkanes of at least 4 members (excludes halogenated alkanes) is 21. The van der Waals surface area contributed by atoms with E-state index in [4.69, 9.17) is 0 Å². The highest BCUT2D eigenvalue weighted by atomic mass is 14.0. The molecular weight excluding hydrogens is 324 g/mol. The van der Waals surface area contributed by atoms with Crippen molar-refractivity contribution in [2.75, 3.05) is 0 Å². The third-order valence-electron chi connectivity index (χ3n) is 5.66. The van der Waals surface area contributed by atoms with Gasteiger partial charge in [0.1, 0.15) is 0 Å². The molecule has 0 aromatic carbocycles. The van der Waals surface area contributed by atoms with Gasteiger partial charge in [-0.3, -0.25) is 0 Å². The quantitative estimate of drug-likeness (QED) is 0.123. The van der Waals surface area contributed by atoms with E-state index in [1.54, 1.807) is 0 Å². The minimum Gasteiger partial charge on any atom is -0.0885 e. The molecule has 0 fully saturated rings. The first-order chi connectivity index (χ1) is 13.4. The molecule has 0 atom stereocenters. The van der Waals surface area contributed by atoms with Gasteiger partial charge in [0.2, 0.25) is 0 Å². The third-order valence-corrected chi connectivity index (χ3v) is 5.66. The lowest BCUT2D eigenvalue weighted by molar-refractivity contribution is 0.537. The zero-order valence-corrected chi connectivity index (χ0v) is 18.8. The van der Waals surface area contributed by atoms with Crippen LogP contribution in [0.3, 0.4) is 0 Å². The molecule has 0 aromatic heterocycles. The van der Waals surface area contributed by atoms with Crippen LogP contribution in [-0.2, 0) is 0 Å². The fourth-order valence-electron chi connectivity index (χ4n) is 3.77. The van der Waals surface area contributed by atoms with E-state index >= 15 is 0 Å². The molecule has 27 heavy (non-hydrogen) atoms. The van der Waals surface area contributed by atoms with Crippen molar-refractivity contribution in [3.05, 3.63) is 26.0 Å². The van der Waals surface area contributed by atoms with Gasteiger partial charge in [-0.05, 0) is 25.7 Å². The molecule has 0 saturated carbocycles. The van der Waals surface area contributed by atoms with Crippen LogP contribution in [0.15, 0.2) is 12.2 Å². The van der Waals surface area contributed by atoms with E-state index in [9.17, 15) is 0 Å². The number of hydrogen-bond donors (Lipinski definition) is 0. The lowest BCUT2D eigenvalue weighted by Crippen LogP contribution is -1.83. The van der Waals surface area contributed by atoms with Crippen LogP contribution in [0, 0.1) is 13.8 Å². The van der Waals surface area contributed by atoms with Crippen molar-refractivity contribution < 1.29 is 0 Å². The van der Waals surface area contributed by atoms with Gasteiger partial charge in [-0.25, -0.2) is 0 Å². The smallest absolute Gasteiger partial charge is 0.0351 e. The van der Waals surface area contributed by atoms with Gasteiger partial charge in [0.15, 0.2) is 0 Å². The summed E-state index contributed by atoms with van der Waals surface area (Å²) < 4.78 is 0. The monoisotopic (exact) mass is 376 g/mol. The highest BCUT2D eigenvalue weighted by Crippen LogP contribution is 2.13. The predicted octanol–water partition coefficient (Wildman–Crippen LogP) is 10.2. The van der Waals surface area contributed by atoms with E-state index in [2.05, 4.69) is 26.0 Å². The van der Waals surface area contributed by atoms with E-state index in [0.717, 1.165) is 12.8 Å². The number of allylic oxidation sites excluding steroid dienone is 2. The van der Waals surface area contributed by atoms with Crippen LogP contribution in [-0.4, -0.2) is 0 Å². The van der Waals surface area contributed by atoms with Gasteiger partial charge in [-0.2, -0.15) is 0 Å². The van der Waals surface area contributed by atoms with Crippen LogP contribution < -0.4 is 0 Å². The maximum Gasteiger partial charge on any atom is -0.0351 e. The largest absolute Gasteiger partial charge is 0.0885 e. The highest BCUT2D eigenvalue weighted by Gasteiger charge is 1.94. The summed E-state index contributed by atoms with van der Waals surface area (Å²) in [6.45, 7) is 7.81. The zero-order valence-electron chi connectivity index (χ0n) is 18.8. The Labute approximate surface area is 174 Å². The summed E-state index contributed by atoms with van der Waals surface area (Å²) in [4.78, 5) is 0. The maximum absolute atomic E-state index is 3.91. The number of rotatable bonds is 23. The molecule has 0 aliphatic heterocycles. The summed E-state index contributed by atoms with van der Waals surface area (Å²) >= 11 is 0. The zero-order chi connectivity index (χ0) is 19.7. The minimum atomic E-state index is 1.11. The summed E-state index contributed by atoms with van der Waals surface area (Å²) in [5.74, 6) is 0. The first-order valence-electron chi connectivity index (χ1n) is 12.6. The van der Waals surface area contributed by atoms with Gasteiger partial charge in [-0.15, -0.1) is 0 Å². The fourth-order valence-corrected chi connectivity index (χ4v) is 3.77. The van der Waals surface area contributed by atoms with E-state index in [1.165, 1.54) is 135 Å². The van der Waals surface area contributed by atoms with Crippen molar-refractivity contribution in [2.45, 2.75) is 148 Å². The Morgan fingerprint density at radius 1 is 0.296 bits per heavy atom. The van der Waals surface area contributed by atoms with Gasteiger partial charge in [0.25, 0.3) is 0 Å². The molecule has 0 aliphatic rings. The van der Waals surface area contributed by atoms with Crippen LogP contribution in [0.25, 0.3) is 0 Å². The lowest BCUT2D eigenvalue weighted by Gasteiger charge is -2.03. The summed E-state index contributed by atoms with van der Waals surface area (Å²) in [7, 11) is 0. The normalized spacial score (nSPS) is 11.6. The molecule has 0 rings (SSSR count). The molecule has 0 spiro atoms. The molecule has 0 aliphatic carbocycles. The van der Waals surface area contributed by atoms with Crippen LogP contribution >= 0.6 is 0 Å². The molecule has 0 amide bonds. The molecule has 0 saturated heterocycles. The topological polar surface area (TPSA) is 0 Å². The molecule has 2 radical (unpaired) electrons. The molecular formula is C27H52. The molecule has 0 bridgehead atoms. The summed E-state index contributed by atoms with van der Waals surface area (Å²) in [6.07, 6.45) is 36.7. The first kappa shape index (κ1) is 26.7. The first-order valence-corrected chi connectivity index (χ1v) is 12.6. The van der Waals surface area contributed by atoms with Gasteiger partial charge < -0.3 is 0 Å². The second-order valence-corrected chi connectivity index (χ2v) is 8.47. The fraction of sp³-hybridized carbons (Fsp3) is 0.852. The SMILES string of the molecule is [CH2]CCCCCCCC/C=C/CCCCCCCCCCCCCCC[CH2]. The molecule has 0 unspecified atom stereocenters. The molecule has 0 heterocycles. The Bertz CT molecular complexity index is 265. The molecule has 0 aromatic rings. The van der Waals surface area contributed by atoms with Crippen LogP contribution in [0.5, 0.6) is 0 Å². The minimum absolute atomic E-state index is 1.11. The molecule has 0 nitrogen and oxygen atoms in total. The van der Waals surface area contributed by atoms with E-state index in [-0.39, 0.29) is 0 Å². The molecule has 160 valence electrons. The van der Waals surface area contributed by atoms with E-state index in [1.807, 2.05) is 0 Å². The van der Waals surface area contributed by atoms with Crippen molar-refractivity contribution in [2.24, 2.45) is 0 Å². The van der Waals surface area contributed by atoms with E-state index in [0.29, 0.717) is 0 Å². The van der Waals surface area contributed by atoms with Crippen molar-refractivity contribution >= 4 is 0 Å². The van der Waals surface area contributed by atoms with E-state index < -0.39 is 0 Å². The molecule has 0 N–H and O–H groups in total. The van der Waals surface area contributed by atoms with Crippen molar-refractivity contribution in [1.82, 2.24) is 0 Å². The average Bonchev–Trinajstić information content (AvgIpc) is 2.68. The van der Waals surface area contributed by atoms with Gasteiger partial charge in [-0.1, -0.05) is 148 Å². The van der Waals surface area contributed by atoms with Crippen molar-refractivity contribution in [3.8, 4) is 0 Å². The summed E-state index contributed by atoms with van der Waals surface area (Å²) in [5, 5.41) is 0. The van der Waals surface area contributed by atoms with Crippen molar-refractivity contribution in [3.63, 3.8) is 0 Å². The van der Waals surface area contributed by atoms with Crippen LogP contribution in [0.2, 0.25) is 0 Å². The standard InChI is InChI=1S/C27H52/c1-3-5-7-9-11-13-15-17-19-21-23-25-27-26-24-22-20-18-16-14-12-10-8-6-4-2/h19,21H,1-18,20,22-27H2/b21-19+. The van der Waals surface area contributed by atoms with Gasteiger partial charge >= 0.3 is 0 Å². The van der Waals surface area contributed by atoms with Gasteiger partial charge in [0.05, 0.1) is 0 Å². The van der Waals surface area contributed by atoms with Crippen molar-refractivity contribution in [1.29, 1.82) is 0 Å². The Hall–Kier alpha value is -0.260.